The van der Waals surface area contributed by atoms with Gasteiger partial charge in [-0.1, -0.05) is 12.1 Å². The standard InChI is InChI=1S/C15H22N2O4/c1-2-20-14-6-4-3-5-13(14)16-7-9-17(10-8-16)15(19)21-12-11-18/h3-6,18H,2,7-12H2,1H3. The maximum atomic E-state index is 11.7. The van der Waals surface area contributed by atoms with Crippen LogP contribution in [-0.4, -0.2) is 62.1 Å². The Kier molecular flexibility index (Phi) is 5.68. The maximum absolute atomic E-state index is 11.7. The quantitative estimate of drug-likeness (QED) is 0.888. The number of hydrogen-bond acceptors (Lipinski definition) is 5. The molecule has 1 aliphatic heterocycles. The number of piperazine rings is 1. The number of para-hydroxylation sites is 2. The second-order valence-electron chi connectivity index (χ2n) is 4.71. The molecule has 1 fully saturated rings. The predicted octanol–water partition coefficient (Wildman–Crippen LogP) is 1.34. The molecular formula is C15H22N2O4. The number of anilines is 1. The van der Waals surface area contributed by atoms with Crippen LogP contribution in [0.15, 0.2) is 24.3 Å². The van der Waals surface area contributed by atoms with Crippen molar-refractivity contribution >= 4 is 11.8 Å². The van der Waals surface area contributed by atoms with Crippen LogP contribution < -0.4 is 9.64 Å². The SMILES string of the molecule is CCOc1ccccc1N1CCN(C(=O)OCCO)CC1. The molecule has 21 heavy (non-hydrogen) atoms. The third-order valence-electron chi connectivity index (χ3n) is 3.36. The summed E-state index contributed by atoms with van der Waals surface area (Å²) in [4.78, 5) is 15.6. The van der Waals surface area contributed by atoms with Crippen molar-refractivity contribution in [3.63, 3.8) is 0 Å². The number of ether oxygens (including phenoxy) is 2. The van der Waals surface area contributed by atoms with Gasteiger partial charge in [-0.05, 0) is 19.1 Å². The van der Waals surface area contributed by atoms with E-state index in [1.165, 1.54) is 0 Å². The molecule has 0 saturated carbocycles. The van der Waals surface area contributed by atoms with Gasteiger partial charge in [0.1, 0.15) is 12.4 Å². The molecule has 1 N–H and O–H groups in total. The molecule has 0 bridgehead atoms. The van der Waals surface area contributed by atoms with Crippen LogP contribution in [0.2, 0.25) is 0 Å². The third kappa shape index (κ3) is 4.01. The molecule has 0 aromatic heterocycles. The van der Waals surface area contributed by atoms with E-state index in [-0.39, 0.29) is 19.3 Å². The lowest BCUT2D eigenvalue weighted by atomic mass is 10.2. The highest BCUT2D eigenvalue weighted by atomic mass is 16.6. The Morgan fingerprint density at radius 1 is 1.24 bits per heavy atom. The molecule has 0 spiro atoms. The zero-order valence-electron chi connectivity index (χ0n) is 12.3. The van der Waals surface area contributed by atoms with Crippen LogP contribution in [0.3, 0.4) is 0 Å². The number of hydrogen-bond donors (Lipinski definition) is 1. The van der Waals surface area contributed by atoms with E-state index in [0.717, 1.165) is 24.5 Å². The smallest absolute Gasteiger partial charge is 0.409 e. The molecule has 1 aromatic carbocycles. The van der Waals surface area contributed by atoms with Gasteiger partial charge in [0.05, 0.1) is 18.9 Å². The normalized spacial score (nSPS) is 15.0. The molecule has 1 heterocycles. The minimum atomic E-state index is -0.359. The van der Waals surface area contributed by atoms with Crippen molar-refractivity contribution in [1.29, 1.82) is 0 Å². The molecule has 0 atom stereocenters. The molecule has 1 aliphatic rings. The Morgan fingerprint density at radius 2 is 1.95 bits per heavy atom. The van der Waals surface area contributed by atoms with E-state index in [0.29, 0.717) is 19.7 Å². The second kappa shape index (κ2) is 7.73. The number of aliphatic hydroxyl groups excluding tert-OH is 1. The lowest BCUT2D eigenvalue weighted by molar-refractivity contribution is 0.0825. The fraction of sp³-hybridized carbons (Fsp3) is 0.533. The van der Waals surface area contributed by atoms with E-state index in [1.54, 1.807) is 4.90 Å². The van der Waals surface area contributed by atoms with Crippen LogP contribution in [0, 0.1) is 0 Å². The van der Waals surface area contributed by atoms with Gasteiger partial charge in [0, 0.05) is 26.2 Å². The summed E-state index contributed by atoms with van der Waals surface area (Å²) in [5.41, 5.74) is 1.06. The number of carbonyl (C=O) groups is 1. The van der Waals surface area contributed by atoms with Crippen LogP contribution in [0.4, 0.5) is 10.5 Å². The lowest BCUT2D eigenvalue weighted by Crippen LogP contribution is -2.49. The summed E-state index contributed by atoms with van der Waals surface area (Å²) in [6.45, 7) is 5.17. The number of rotatable bonds is 5. The van der Waals surface area contributed by atoms with E-state index in [4.69, 9.17) is 14.6 Å². The maximum Gasteiger partial charge on any atom is 0.409 e. The van der Waals surface area contributed by atoms with Gasteiger partial charge in [-0.25, -0.2) is 4.79 Å². The van der Waals surface area contributed by atoms with Crippen LogP contribution >= 0.6 is 0 Å². The predicted molar refractivity (Wildman–Crippen MR) is 79.8 cm³/mol. The summed E-state index contributed by atoms with van der Waals surface area (Å²) in [7, 11) is 0. The fourth-order valence-corrected chi connectivity index (χ4v) is 2.35. The molecule has 2 rings (SSSR count). The molecule has 0 radical (unpaired) electrons. The van der Waals surface area contributed by atoms with Crippen molar-refractivity contribution in [3.8, 4) is 5.75 Å². The minimum Gasteiger partial charge on any atom is -0.492 e. The van der Waals surface area contributed by atoms with Crippen LogP contribution in [0.1, 0.15) is 6.92 Å². The summed E-state index contributed by atoms with van der Waals surface area (Å²) in [5.74, 6) is 0.872. The van der Waals surface area contributed by atoms with Gasteiger partial charge >= 0.3 is 6.09 Å². The molecule has 1 aromatic rings. The highest BCUT2D eigenvalue weighted by Gasteiger charge is 2.23. The molecule has 0 aliphatic carbocycles. The van der Waals surface area contributed by atoms with Gasteiger partial charge < -0.3 is 24.4 Å². The first-order chi connectivity index (χ1) is 10.3. The monoisotopic (exact) mass is 294 g/mol. The van der Waals surface area contributed by atoms with E-state index in [2.05, 4.69) is 4.90 Å². The molecule has 116 valence electrons. The number of aliphatic hydroxyl groups is 1. The first-order valence-electron chi connectivity index (χ1n) is 7.25. The Bertz CT molecular complexity index is 459. The third-order valence-corrected chi connectivity index (χ3v) is 3.36. The Hall–Kier alpha value is -1.95. The average molecular weight is 294 g/mol. The summed E-state index contributed by atoms with van der Waals surface area (Å²) in [5, 5.41) is 8.67. The molecular weight excluding hydrogens is 272 g/mol. The number of carbonyl (C=O) groups excluding carboxylic acids is 1. The Balaban J connectivity index is 1.93. The Labute approximate surface area is 124 Å². The summed E-state index contributed by atoms with van der Waals surface area (Å²) in [6.07, 6.45) is -0.359. The highest BCUT2D eigenvalue weighted by Crippen LogP contribution is 2.28. The van der Waals surface area contributed by atoms with Gasteiger partial charge in [-0.15, -0.1) is 0 Å². The zero-order chi connectivity index (χ0) is 15.1. The van der Waals surface area contributed by atoms with Gasteiger partial charge in [0.2, 0.25) is 0 Å². The van der Waals surface area contributed by atoms with Crippen molar-refractivity contribution in [1.82, 2.24) is 4.90 Å². The number of nitrogens with zero attached hydrogens (tertiary/aromatic N) is 2. The molecule has 6 nitrogen and oxygen atoms in total. The van der Waals surface area contributed by atoms with Gasteiger partial charge in [-0.2, -0.15) is 0 Å². The number of amides is 1. The van der Waals surface area contributed by atoms with E-state index in [9.17, 15) is 4.79 Å². The second-order valence-corrected chi connectivity index (χ2v) is 4.71. The fourth-order valence-electron chi connectivity index (χ4n) is 2.35. The van der Waals surface area contributed by atoms with Crippen LogP contribution in [-0.2, 0) is 4.74 Å². The highest BCUT2D eigenvalue weighted by molar-refractivity contribution is 5.68. The Morgan fingerprint density at radius 3 is 2.62 bits per heavy atom. The van der Waals surface area contributed by atoms with E-state index in [1.807, 2.05) is 31.2 Å². The molecule has 6 heteroatoms. The van der Waals surface area contributed by atoms with Crippen molar-refractivity contribution < 1.29 is 19.4 Å². The lowest BCUT2D eigenvalue weighted by Gasteiger charge is -2.36. The zero-order valence-corrected chi connectivity index (χ0v) is 12.3. The largest absolute Gasteiger partial charge is 0.492 e. The van der Waals surface area contributed by atoms with Gasteiger partial charge in [-0.3, -0.25) is 0 Å². The number of benzene rings is 1. The first kappa shape index (κ1) is 15.4. The summed E-state index contributed by atoms with van der Waals surface area (Å²) >= 11 is 0. The van der Waals surface area contributed by atoms with Crippen molar-refractivity contribution in [2.75, 3.05) is 50.9 Å². The summed E-state index contributed by atoms with van der Waals surface area (Å²) < 4.78 is 10.6. The van der Waals surface area contributed by atoms with Crippen LogP contribution in [0.25, 0.3) is 0 Å². The van der Waals surface area contributed by atoms with Crippen LogP contribution in [0.5, 0.6) is 5.75 Å². The minimum absolute atomic E-state index is 0.0478. The molecule has 1 saturated heterocycles. The van der Waals surface area contributed by atoms with Gasteiger partial charge in [0.15, 0.2) is 0 Å². The molecule has 0 unspecified atom stereocenters. The van der Waals surface area contributed by atoms with Crippen molar-refractivity contribution in [2.45, 2.75) is 6.92 Å². The van der Waals surface area contributed by atoms with E-state index >= 15 is 0 Å². The summed E-state index contributed by atoms with van der Waals surface area (Å²) in [6, 6.07) is 7.93. The van der Waals surface area contributed by atoms with E-state index < -0.39 is 0 Å². The topological polar surface area (TPSA) is 62.2 Å². The molecule has 1 amide bonds. The van der Waals surface area contributed by atoms with Crippen molar-refractivity contribution in [3.05, 3.63) is 24.3 Å². The van der Waals surface area contributed by atoms with Crippen molar-refractivity contribution in [2.24, 2.45) is 0 Å². The first-order valence-corrected chi connectivity index (χ1v) is 7.25. The average Bonchev–Trinajstić information content (AvgIpc) is 2.53. The van der Waals surface area contributed by atoms with Gasteiger partial charge in [0.25, 0.3) is 0 Å².